The number of hydrogen-bond acceptors (Lipinski definition) is 4. The summed E-state index contributed by atoms with van der Waals surface area (Å²) in [6.07, 6.45) is 0. The quantitative estimate of drug-likeness (QED) is 0.847. The van der Waals surface area contributed by atoms with E-state index in [1.54, 1.807) is 37.3 Å². The first-order chi connectivity index (χ1) is 9.63. The third-order valence-corrected chi connectivity index (χ3v) is 4.33. The molecule has 0 saturated carbocycles. The summed E-state index contributed by atoms with van der Waals surface area (Å²) in [7, 11) is 0. The van der Waals surface area contributed by atoms with Crippen molar-refractivity contribution in [1.82, 2.24) is 0 Å². The van der Waals surface area contributed by atoms with E-state index in [4.69, 9.17) is 4.74 Å². The van der Waals surface area contributed by atoms with Gasteiger partial charge in [0.05, 0.1) is 17.9 Å². The highest BCUT2D eigenvalue weighted by Crippen LogP contribution is 2.25. The van der Waals surface area contributed by atoms with E-state index >= 15 is 0 Å². The molecule has 0 radical (unpaired) electrons. The average molecular weight is 354 g/mol. The first-order valence-electron chi connectivity index (χ1n) is 5.94. The number of benzene rings is 1. The molecule has 1 aromatic carbocycles. The molecule has 0 atom stereocenters. The number of amides is 1. The zero-order valence-corrected chi connectivity index (χ0v) is 13.1. The molecule has 0 unspecified atom stereocenters. The van der Waals surface area contributed by atoms with Gasteiger partial charge in [0.25, 0.3) is 5.91 Å². The summed E-state index contributed by atoms with van der Waals surface area (Å²) in [5.41, 5.74) is 0.784. The smallest absolute Gasteiger partial charge is 0.340 e. The molecule has 104 valence electrons. The Labute approximate surface area is 128 Å². The van der Waals surface area contributed by atoms with Crippen molar-refractivity contribution in [2.24, 2.45) is 0 Å². The van der Waals surface area contributed by atoms with Gasteiger partial charge in [-0.25, -0.2) is 4.79 Å². The molecular formula is C14H12BrNO3S. The largest absolute Gasteiger partial charge is 0.462 e. The van der Waals surface area contributed by atoms with Crippen LogP contribution in [0.1, 0.15) is 27.0 Å². The lowest BCUT2D eigenvalue weighted by Crippen LogP contribution is -2.15. The van der Waals surface area contributed by atoms with Gasteiger partial charge < -0.3 is 10.1 Å². The first-order valence-corrected chi connectivity index (χ1v) is 7.61. The van der Waals surface area contributed by atoms with Crippen molar-refractivity contribution in [3.05, 3.63) is 50.6 Å². The van der Waals surface area contributed by atoms with Gasteiger partial charge in [0.15, 0.2) is 0 Å². The van der Waals surface area contributed by atoms with Gasteiger partial charge in [-0.2, -0.15) is 0 Å². The number of ether oxygens (including phenoxy) is 1. The Morgan fingerprint density at radius 3 is 2.70 bits per heavy atom. The average Bonchev–Trinajstić information content (AvgIpc) is 2.86. The summed E-state index contributed by atoms with van der Waals surface area (Å²) >= 11 is 4.64. The molecule has 1 aromatic heterocycles. The van der Waals surface area contributed by atoms with Crippen molar-refractivity contribution < 1.29 is 14.3 Å². The van der Waals surface area contributed by atoms with E-state index in [0.717, 1.165) is 4.47 Å². The maximum Gasteiger partial charge on any atom is 0.340 e. The van der Waals surface area contributed by atoms with Crippen LogP contribution >= 0.6 is 27.3 Å². The Balaban J connectivity index is 2.24. The number of rotatable bonds is 4. The lowest BCUT2D eigenvalue weighted by molar-refractivity contribution is 0.0527. The van der Waals surface area contributed by atoms with Crippen molar-refractivity contribution in [3.8, 4) is 0 Å². The molecule has 0 bridgehead atoms. The van der Waals surface area contributed by atoms with Crippen molar-refractivity contribution in [2.75, 3.05) is 11.9 Å². The van der Waals surface area contributed by atoms with E-state index in [2.05, 4.69) is 21.2 Å². The molecule has 20 heavy (non-hydrogen) atoms. The Morgan fingerprint density at radius 2 is 2.05 bits per heavy atom. The van der Waals surface area contributed by atoms with Crippen LogP contribution in [-0.2, 0) is 4.74 Å². The molecule has 0 aliphatic heterocycles. The van der Waals surface area contributed by atoms with E-state index in [1.165, 1.54) is 11.3 Å². The maximum atomic E-state index is 12.1. The number of halogens is 1. The highest BCUT2D eigenvalue weighted by atomic mass is 79.9. The van der Waals surface area contributed by atoms with Gasteiger partial charge in [0.2, 0.25) is 0 Å². The highest BCUT2D eigenvalue weighted by molar-refractivity contribution is 9.10. The van der Waals surface area contributed by atoms with E-state index in [1.807, 2.05) is 5.38 Å². The van der Waals surface area contributed by atoms with E-state index in [9.17, 15) is 9.59 Å². The number of esters is 1. The van der Waals surface area contributed by atoms with Crippen LogP contribution in [0, 0.1) is 0 Å². The lowest BCUT2D eigenvalue weighted by atomic mass is 10.2. The zero-order chi connectivity index (χ0) is 14.5. The van der Waals surface area contributed by atoms with Gasteiger partial charge in [-0.3, -0.25) is 4.79 Å². The van der Waals surface area contributed by atoms with Crippen LogP contribution in [0.4, 0.5) is 5.69 Å². The van der Waals surface area contributed by atoms with Gasteiger partial charge >= 0.3 is 5.97 Å². The molecule has 0 aliphatic rings. The maximum absolute atomic E-state index is 12.1. The van der Waals surface area contributed by atoms with Crippen LogP contribution in [0.3, 0.4) is 0 Å². The van der Waals surface area contributed by atoms with E-state index in [0.29, 0.717) is 16.1 Å². The van der Waals surface area contributed by atoms with Crippen molar-refractivity contribution in [3.63, 3.8) is 0 Å². The van der Waals surface area contributed by atoms with Crippen LogP contribution < -0.4 is 5.32 Å². The molecule has 2 rings (SSSR count). The number of carbonyl (C=O) groups is 2. The molecule has 1 heterocycles. The molecule has 6 heteroatoms. The van der Waals surface area contributed by atoms with Crippen LogP contribution in [0.2, 0.25) is 0 Å². The zero-order valence-electron chi connectivity index (χ0n) is 10.7. The second-order valence-corrected chi connectivity index (χ2v) is 5.59. The summed E-state index contributed by atoms with van der Waals surface area (Å²) in [6.45, 7) is 2.03. The summed E-state index contributed by atoms with van der Waals surface area (Å²) in [4.78, 5) is 24.5. The number of para-hydroxylation sites is 1. The molecule has 0 saturated heterocycles. The summed E-state index contributed by atoms with van der Waals surface area (Å²) in [5.74, 6) is -0.711. The molecular weight excluding hydrogens is 342 g/mol. The third kappa shape index (κ3) is 3.26. The van der Waals surface area contributed by atoms with Gasteiger partial charge in [-0.1, -0.05) is 12.1 Å². The highest BCUT2D eigenvalue weighted by Gasteiger charge is 2.16. The predicted molar refractivity (Wildman–Crippen MR) is 82.4 cm³/mol. The Hall–Kier alpha value is -1.66. The fourth-order valence-electron chi connectivity index (χ4n) is 1.61. The third-order valence-electron chi connectivity index (χ3n) is 2.49. The van der Waals surface area contributed by atoms with Crippen molar-refractivity contribution in [2.45, 2.75) is 6.92 Å². The Bertz CT molecular complexity index is 639. The van der Waals surface area contributed by atoms with Gasteiger partial charge in [-0.05, 0) is 46.4 Å². The van der Waals surface area contributed by atoms with Crippen molar-refractivity contribution in [1.29, 1.82) is 0 Å². The second-order valence-electron chi connectivity index (χ2n) is 3.82. The minimum Gasteiger partial charge on any atom is -0.462 e. The number of hydrogen-bond donors (Lipinski definition) is 1. The molecule has 0 aliphatic carbocycles. The predicted octanol–water partition coefficient (Wildman–Crippen LogP) is 3.94. The number of anilines is 1. The SMILES string of the molecule is CCOC(=O)c1ccccc1NC(=O)c1sccc1Br. The number of carbonyl (C=O) groups excluding carboxylic acids is 2. The molecule has 1 amide bonds. The Morgan fingerprint density at radius 1 is 1.30 bits per heavy atom. The molecule has 4 nitrogen and oxygen atoms in total. The molecule has 2 aromatic rings. The topological polar surface area (TPSA) is 55.4 Å². The van der Waals surface area contributed by atoms with Gasteiger partial charge in [0, 0.05) is 4.47 Å². The fourth-order valence-corrected chi connectivity index (χ4v) is 3.06. The van der Waals surface area contributed by atoms with Gasteiger partial charge in [-0.15, -0.1) is 11.3 Å². The number of thiophene rings is 1. The van der Waals surface area contributed by atoms with Crippen molar-refractivity contribution >= 4 is 44.8 Å². The Kier molecular flexibility index (Phi) is 4.92. The minimum atomic E-state index is -0.450. The fraction of sp³-hybridized carbons (Fsp3) is 0.143. The second kappa shape index (κ2) is 6.67. The summed E-state index contributed by atoms with van der Waals surface area (Å²) in [6, 6.07) is 8.57. The minimum absolute atomic E-state index is 0.261. The monoisotopic (exact) mass is 353 g/mol. The summed E-state index contributed by atoms with van der Waals surface area (Å²) in [5, 5.41) is 4.55. The molecule has 0 spiro atoms. The molecule has 1 N–H and O–H groups in total. The van der Waals surface area contributed by atoms with Crippen LogP contribution in [-0.4, -0.2) is 18.5 Å². The normalized spacial score (nSPS) is 10.1. The van der Waals surface area contributed by atoms with Gasteiger partial charge in [0.1, 0.15) is 4.88 Å². The van der Waals surface area contributed by atoms with Crippen LogP contribution in [0.15, 0.2) is 40.2 Å². The van der Waals surface area contributed by atoms with Crippen LogP contribution in [0.25, 0.3) is 0 Å². The van der Waals surface area contributed by atoms with Crippen LogP contribution in [0.5, 0.6) is 0 Å². The van der Waals surface area contributed by atoms with E-state index in [-0.39, 0.29) is 12.5 Å². The summed E-state index contributed by atoms with van der Waals surface area (Å²) < 4.78 is 5.70. The lowest BCUT2D eigenvalue weighted by Gasteiger charge is -2.09. The first kappa shape index (κ1) is 14.7. The number of nitrogens with one attached hydrogen (secondary N) is 1. The molecule has 0 fully saturated rings. The standard InChI is InChI=1S/C14H12BrNO3S/c1-2-19-14(18)9-5-3-4-6-11(9)16-13(17)12-10(15)7-8-20-12/h3-8H,2H2,1H3,(H,16,17). The van der Waals surface area contributed by atoms with E-state index < -0.39 is 5.97 Å².